The standard InChI is InChI=1S/C11H9N3O/c12-6-9-8(2-1-3-11(9)15)10-4-5-13-7-14-10/h1-2,4-5,13H,3,7H2. The van der Waals surface area contributed by atoms with Crippen LogP contribution in [-0.4, -0.2) is 18.2 Å². The number of carbonyl (C=O) groups excluding carboxylic acids is 1. The number of nitriles is 1. The van der Waals surface area contributed by atoms with Crippen molar-refractivity contribution in [2.45, 2.75) is 6.42 Å². The van der Waals surface area contributed by atoms with E-state index < -0.39 is 0 Å². The molecule has 2 aliphatic rings. The van der Waals surface area contributed by atoms with Gasteiger partial charge in [-0.2, -0.15) is 5.26 Å². The van der Waals surface area contributed by atoms with Crippen LogP contribution in [0, 0.1) is 11.3 Å². The second-order valence-corrected chi connectivity index (χ2v) is 3.17. The Morgan fingerprint density at radius 1 is 1.47 bits per heavy atom. The van der Waals surface area contributed by atoms with Crippen LogP contribution < -0.4 is 5.32 Å². The van der Waals surface area contributed by atoms with Crippen LogP contribution in [0.15, 0.2) is 40.6 Å². The molecular formula is C11H9N3O. The summed E-state index contributed by atoms with van der Waals surface area (Å²) in [4.78, 5) is 15.6. The van der Waals surface area contributed by atoms with Gasteiger partial charge in [-0.1, -0.05) is 12.2 Å². The fourth-order valence-corrected chi connectivity index (χ4v) is 1.50. The molecule has 0 spiro atoms. The van der Waals surface area contributed by atoms with Crippen molar-refractivity contribution >= 4 is 11.5 Å². The summed E-state index contributed by atoms with van der Waals surface area (Å²) in [6, 6.07) is 1.94. The molecule has 0 unspecified atom stereocenters. The molecule has 1 heterocycles. The molecule has 2 rings (SSSR count). The molecule has 0 saturated heterocycles. The number of allylic oxidation sites excluding steroid dienone is 5. The summed E-state index contributed by atoms with van der Waals surface area (Å²) in [7, 11) is 0. The van der Waals surface area contributed by atoms with Gasteiger partial charge in [-0.15, -0.1) is 0 Å². The summed E-state index contributed by atoms with van der Waals surface area (Å²) in [5.74, 6) is -0.135. The number of nitrogens with zero attached hydrogens (tertiary/aromatic N) is 2. The second-order valence-electron chi connectivity index (χ2n) is 3.17. The molecular weight excluding hydrogens is 190 g/mol. The first-order valence-corrected chi connectivity index (χ1v) is 4.62. The molecule has 15 heavy (non-hydrogen) atoms. The maximum atomic E-state index is 11.5. The zero-order valence-electron chi connectivity index (χ0n) is 8.03. The maximum absolute atomic E-state index is 11.5. The Morgan fingerprint density at radius 3 is 3.00 bits per heavy atom. The van der Waals surface area contributed by atoms with Gasteiger partial charge >= 0.3 is 0 Å². The van der Waals surface area contributed by atoms with Gasteiger partial charge < -0.3 is 5.32 Å². The zero-order valence-corrected chi connectivity index (χ0v) is 8.03. The summed E-state index contributed by atoms with van der Waals surface area (Å²) < 4.78 is 0. The molecule has 0 atom stereocenters. The summed E-state index contributed by atoms with van der Waals surface area (Å²) >= 11 is 0. The molecule has 1 aliphatic carbocycles. The Kier molecular flexibility index (Phi) is 2.46. The van der Waals surface area contributed by atoms with E-state index in [2.05, 4.69) is 10.3 Å². The van der Waals surface area contributed by atoms with Crippen molar-refractivity contribution in [1.82, 2.24) is 5.32 Å². The molecule has 0 bridgehead atoms. The van der Waals surface area contributed by atoms with Crippen molar-refractivity contribution in [1.29, 1.82) is 5.26 Å². The highest BCUT2D eigenvalue weighted by molar-refractivity contribution is 6.18. The van der Waals surface area contributed by atoms with E-state index in [9.17, 15) is 4.79 Å². The fraction of sp³-hybridized carbons (Fsp3) is 0.182. The third kappa shape index (κ3) is 1.72. The molecule has 0 amide bonds. The minimum Gasteiger partial charge on any atom is -0.372 e. The lowest BCUT2D eigenvalue weighted by molar-refractivity contribution is -0.114. The van der Waals surface area contributed by atoms with E-state index in [-0.39, 0.29) is 11.4 Å². The summed E-state index contributed by atoms with van der Waals surface area (Å²) in [5, 5.41) is 11.8. The summed E-state index contributed by atoms with van der Waals surface area (Å²) in [5.41, 5.74) is 1.53. The van der Waals surface area contributed by atoms with Gasteiger partial charge in [0.2, 0.25) is 0 Å². The average Bonchev–Trinajstić information content (AvgIpc) is 2.30. The van der Waals surface area contributed by atoms with E-state index in [1.165, 1.54) is 0 Å². The van der Waals surface area contributed by atoms with Crippen LogP contribution in [0.4, 0.5) is 0 Å². The third-order valence-electron chi connectivity index (χ3n) is 2.22. The van der Waals surface area contributed by atoms with E-state index in [0.29, 0.717) is 24.4 Å². The number of hydrogen-bond donors (Lipinski definition) is 1. The quantitative estimate of drug-likeness (QED) is 0.680. The minimum absolute atomic E-state index is 0.135. The molecule has 0 aromatic rings. The molecule has 4 nitrogen and oxygen atoms in total. The SMILES string of the molecule is N#CC1=C(C2=NCNC=C2)C=CCC1=O. The Balaban J connectivity index is 2.46. The van der Waals surface area contributed by atoms with Gasteiger partial charge in [-0.25, -0.2) is 0 Å². The molecule has 1 aliphatic heterocycles. The number of ketones is 1. The van der Waals surface area contributed by atoms with Gasteiger partial charge in [0, 0.05) is 12.0 Å². The van der Waals surface area contributed by atoms with Crippen LogP contribution in [0.5, 0.6) is 0 Å². The van der Waals surface area contributed by atoms with Crippen molar-refractivity contribution in [2.24, 2.45) is 4.99 Å². The van der Waals surface area contributed by atoms with Crippen LogP contribution in [0.2, 0.25) is 0 Å². The number of nitrogens with one attached hydrogen (secondary N) is 1. The first-order chi connectivity index (χ1) is 7.33. The van der Waals surface area contributed by atoms with Crippen LogP contribution in [0.1, 0.15) is 6.42 Å². The summed E-state index contributed by atoms with van der Waals surface area (Å²) in [6.07, 6.45) is 7.38. The first-order valence-electron chi connectivity index (χ1n) is 4.62. The van der Waals surface area contributed by atoms with Gasteiger partial charge in [0.05, 0.1) is 5.71 Å². The molecule has 74 valence electrons. The first kappa shape index (κ1) is 9.41. The lowest BCUT2D eigenvalue weighted by Gasteiger charge is -2.12. The number of rotatable bonds is 1. The number of aliphatic imine (C=N–C) groups is 1. The number of hydrogen-bond acceptors (Lipinski definition) is 4. The highest BCUT2D eigenvalue weighted by Gasteiger charge is 2.19. The van der Waals surface area contributed by atoms with E-state index in [4.69, 9.17) is 5.26 Å². The van der Waals surface area contributed by atoms with Crippen molar-refractivity contribution in [3.63, 3.8) is 0 Å². The zero-order chi connectivity index (χ0) is 10.7. The Labute approximate surface area is 87.3 Å². The van der Waals surface area contributed by atoms with E-state index >= 15 is 0 Å². The van der Waals surface area contributed by atoms with Gasteiger partial charge in [-0.05, 0) is 12.3 Å². The second kappa shape index (κ2) is 3.93. The molecule has 0 aromatic heterocycles. The molecule has 0 aromatic carbocycles. The Bertz CT molecular complexity index is 461. The smallest absolute Gasteiger partial charge is 0.177 e. The predicted molar refractivity (Wildman–Crippen MR) is 56.0 cm³/mol. The van der Waals surface area contributed by atoms with Gasteiger partial charge in [0.25, 0.3) is 0 Å². The molecule has 1 N–H and O–H groups in total. The van der Waals surface area contributed by atoms with Gasteiger partial charge in [-0.3, -0.25) is 9.79 Å². The van der Waals surface area contributed by atoms with Gasteiger partial charge in [0.1, 0.15) is 18.3 Å². The Hall–Kier alpha value is -2.15. The van der Waals surface area contributed by atoms with Crippen LogP contribution in [0.25, 0.3) is 0 Å². The fourth-order valence-electron chi connectivity index (χ4n) is 1.50. The molecule has 0 saturated carbocycles. The molecule has 0 fully saturated rings. The number of Topliss-reactive ketones (excluding diaryl/α,β-unsaturated/α-hetero) is 1. The minimum atomic E-state index is -0.135. The predicted octanol–water partition coefficient (Wildman–Crippen LogP) is 0.851. The average molecular weight is 199 g/mol. The highest BCUT2D eigenvalue weighted by Crippen LogP contribution is 2.18. The molecule has 4 heteroatoms. The van der Waals surface area contributed by atoms with Crippen molar-refractivity contribution < 1.29 is 4.79 Å². The number of carbonyl (C=O) groups is 1. The van der Waals surface area contributed by atoms with Crippen LogP contribution in [-0.2, 0) is 4.79 Å². The Morgan fingerprint density at radius 2 is 2.33 bits per heavy atom. The third-order valence-corrected chi connectivity index (χ3v) is 2.22. The molecule has 0 radical (unpaired) electrons. The maximum Gasteiger partial charge on any atom is 0.177 e. The van der Waals surface area contributed by atoms with Crippen molar-refractivity contribution in [2.75, 3.05) is 6.67 Å². The monoisotopic (exact) mass is 199 g/mol. The lowest BCUT2D eigenvalue weighted by Crippen LogP contribution is -2.18. The van der Waals surface area contributed by atoms with E-state index in [1.807, 2.05) is 6.07 Å². The highest BCUT2D eigenvalue weighted by atomic mass is 16.1. The van der Waals surface area contributed by atoms with Gasteiger partial charge in [0.15, 0.2) is 5.78 Å². The van der Waals surface area contributed by atoms with Crippen LogP contribution in [0.3, 0.4) is 0 Å². The van der Waals surface area contributed by atoms with Crippen LogP contribution >= 0.6 is 0 Å². The van der Waals surface area contributed by atoms with Crippen molar-refractivity contribution in [3.8, 4) is 6.07 Å². The normalized spacial score (nSPS) is 19.7. The summed E-state index contributed by atoms with van der Waals surface area (Å²) in [6.45, 7) is 0.482. The lowest BCUT2D eigenvalue weighted by atomic mass is 9.94. The topological polar surface area (TPSA) is 65.2 Å². The van der Waals surface area contributed by atoms with Crippen molar-refractivity contribution in [3.05, 3.63) is 35.6 Å². The van der Waals surface area contributed by atoms with E-state index in [0.717, 1.165) is 0 Å². The largest absolute Gasteiger partial charge is 0.372 e. The van der Waals surface area contributed by atoms with E-state index in [1.54, 1.807) is 24.4 Å².